The van der Waals surface area contributed by atoms with Crippen LogP contribution < -0.4 is 4.74 Å². The molecule has 4 nitrogen and oxygen atoms in total. The summed E-state index contributed by atoms with van der Waals surface area (Å²) >= 11 is 12.1. The topological polar surface area (TPSA) is 42.4 Å². The maximum Gasteiger partial charge on any atom is 0.254 e. The van der Waals surface area contributed by atoms with Crippen LogP contribution >= 0.6 is 23.2 Å². The number of rotatable bonds is 4. The third kappa shape index (κ3) is 4.36. The lowest BCUT2D eigenvalue weighted by Gasteiger charge is -2.36. The molecule has 0 fully saturated rings. The van der Waals surface area contributed by atoms with E-state index < -0.39 is 5.82 Å². The van der Waals surface area contributed by atoms with Gasteiger partial charge in [-0.2, -0.15) is 0 Å². The first kappa shape index (κ1) is 19.7. The van der Waals surface area contributed by atoms with Crippen LogP contribution in [0.5, 0.6) is 5.88 Å². The van der Waals surface area contributed by atoms with E-state index in [1.807, 2.05) is 24.3 Å². The summed E-state index contributed by atoms with van der Waals surface area (Å²) in [5.41, 5.74) is 2.69. The van der Waals surface area contributed by atoms with E-state index in [0.717, 1.165) is 11.1 Å². The number of nitrogens with zero attached hydrogens (tertiary/aromatic N) is 2. The normalized spacial score (nSPS) is 15.7. The van der Waals surface area contributed by atoms with E-state index in [1.165, 1.54) is 18.3 Å². The van der Waals surface area contributed by atoms with Crippen molar-refractivity contribution in [2.24, 2.45) is 0 Å². The minimum absolute atomic E-state index is 0.168. The van der Waals surface area contributed by atoms with Crippen molar-refractivity contribution in [3.05, 3.63) is 93.3 Å². The second-order valence-corrected chi connectivity index (χ2v) is 7.63. The first-order valence-electron chi connectivity index (χ1n) is 9.08. The number of fused-ring (bicyclic) bond motifs is 1. The van der Waals surface area contributed by atoms with Gasteiger partial charge in [-0.3, -0.25) is 4.79 Å². The highest BCUT2D eigenvalue weighted by Crippen LogP contribution is 2.28. The molecule has 0 spiro atoms. The Morgan fingerprint density at radius 2 is 1.90 bits per heavy atom. The van der Waals surface area contributed by atoms with Crippen LogP contribution in [0.4, 0.5) is 4.39 Å². The van der Waals surface area contributed by atoms with Gasteiger partial charge in [0, 0.05) is 24.4 Å². The molecule has 29 heavy (non-hydrogen) atoms. The van der Waals surface area contributed by atoms with Crippen molar-refractivity contribution in [3.8, 4) is 5.88 Å². The molecule has 1 unspecified atom stereocenters. The summed E-state index contributed by atoms with van der Waals surface area (Å²) in [6.07, 6.45) is 1.97. The molecule has 1 aliphatic rings. The van der Waals surface area contributed by atoms with Gasteiger partial charge in [0.25, 0.3) is 5.91 Å². The Morgan fingerprint density at radius 3 is 2.66 bits per heavy atom. The summed E-state index contributed by atoms with van der Waals surface area (Å²) < 4.78 is 19.1. The lowest BCUT2D eigenvalue weighted by atomic mass is 9.93. The first-order valence-corrected chi connectivity index (χ1v) is 9.84. The summed E-state index contributed by atoms with van der Waals surface area (Å²) in [5, 5.41) is 0.718. The van der Waals surface area contributed by atoms with Gasteiger partial charge in [-0.05, 0) is 41.8 Å². The number of amides is 1. The number of benzene rings is 2. The van der Waals surface area contributed by atoms with Crippen molar-refractivity contribution in [2.75, 3.05) is 6.61 Å². The lowest BCUT2D eigenvalue weighted by molar-refractivity contribution is 0.0562. The number of halogens is 3. The monoisotopic (exact) mass is 430 g/mol. The molecule has 0 saturated heterocycles. The summed E-state index contributed by atoms with van der Waals surface area (Å²) in [7, 11) is 0. The molecule has 4 rings (SSSR count). The highest BCUT2D eigenvalue weighted by molar-refractivity contribution is 6.42. The molecule has 3 aromatic rings. The molecule has 1 atom stereocenters. The zero-order valence-electron chi connectivity index (χ0n) is 15.3. The Kier molecular flexibility index (Phi) is 5.69. The zero-order chi connectivity index (χ0) is 20.4. The fraction of sp³-hybridized carbons (Fsp3) is 0.182. The van der Waals surface area contributed by atoms with Crippen LogP contribution in [0.25, 0.3) is 0 Å². The van der Waals surface area contributed by atoms with Crippen LogP contribution in [-0.2, 0) is 13.0 Å². The van der Waals surface area contributed by atoms with Crippen LogP contribution in [0.3, 0.4) is 0 Å². The van der Waals surface area contributed by atoms with Crippen molar-refractivity contribution in [2.45, 2.75) is 19.0 Å². The van der Waals surface area contributed by atoms with Crippen molar-refractivity contribution in [1.82, 2.24) is 9.88 Å². The van der Waals surface area contributed by atoms with Crippen LogP contribution in [0.1, 0.15) is 21.5 Å². The molecule has 2 aromatic carbocycles. The molecule has 1 aromatic heterocycles. The number of pyridine rings is 1. The Hall–Kier alpha value is -2.63. The molecular weight excluding hydrogens is 414 g/mol. The number of hydrogen-bond donors (Lipinski definition) is 0. The summed E-state index contributed by atoms with van der Waals surface area (Å²) in [6, 6.07) is 15.1. The van der Waals surface area contributed by atoms with Gasteiger partial charge in [-0.25, -0.2) is 9.37 Å². The van der Waals surface area contributed by atoms with E-state index in [1.54, 1.807) is 23.1 Å². The molecule has 0 aliphatic carbocycles. The smallest absolute Gasteiger partial charge is 0.254 e. The van der Waals surface area contributed by atoms with Crippen LogP contribution in [-0.4, -0.2) is 28.4 Å². The highest BCUT2D eigenvalue weighted by atomic mass is 35.5. The summed E-state index contributed by atoms with van der Waals surface area (Å²) in [6.45, 7) is 0.637. The summed E-state index contributed by atoms with van der Waals surface area (Å²) in [5.74, 6) is -0.405. The number of hydrogen-bond acceptors (Lipinski definition) is 3. The van der Waals surface area contributed by atoms with Gasteiger partial charge in [0.15, 0.2) is 0 Å². The average molecular weight is 431 g/mol. The van der Waals surface area contributed by atoms with E-state index in [4.69, 9.17) is 27.9 Å². The fourth-order valence-corrected chi connectivity index (χ4v) is 3.71. The van der Waals surface area contributed by atoms with Gasteiger partial charge in [0.2, 0.25) is 5.88 Å². The van der Waals surface area contributed by atoms with Crippen LogP contribution in [0, 0.1) is 5.82 Å². The van der Waals surface area contributed by atoms with Crippen molar-refractivity contribution in [3.63, 3.8) is 0 Å². The van der Waals surface area contributed by atoms with Gasteiger partial charge in [0.1, 0.15) is 12.4 Å². The van der Waals surface area contributed by atoms with E-state index in [0.29, 0.717) is 28.6 Å². The van der Waals surface area contributed by atoms with Gasteiger partial charge in [0.05, 0.1) is 16.1 Å². The van der Waals surface area contributed by atoms with Gasteiger partial charge in [-0.1, -0.05) is 47.5 Å². The second kappa shape index (κ2) is 8.39. The molecule has 1 amide bonds. The third-order valence-electron chi connectivity index (χ3n) is 4.90. The molecule has 0 N–H and O–H groups in total. The fourth-order valence-electron chi connectivity index (χ4n) is 3.41. The van der Waals surface area contributed by atoms with Crippen molar-refractivity contribution < 1.29 is 13.9 Å². The predicted molar refractivity (Wildman–Crippen MR) is 110 cm³/mol. The maximum atomic E-state index is 13.4. The van der Waals surface area contributed by atoms with E-state index in [-0.39, 0.29) is 24.4 Å². The van der Waals surface area contributed by atoms with Crippen LogP contribution in [0.2, 0.25) is 10.0 Å². The Labute approximate surface area is 177 Å². The molecule has 0 radical (unpaired) electrons. The van der Waals surface area contributed by atoms with Crippen molar-refractivity contribution in [1.29, 1.82) is 0 Å². The lowest BCUT2D eigenvalue weighted by Crippen LogP contribution is -2.47. The second-order valence-electron chi connectivity index (χ2n) is 6.81. The minimum Gasteiger partial charge on any atom is -0.475 e. The molecule has 0 saturated carbocycles. The molecule has 0 bridgehead atoms. The Balaban J connectivity index is 1.60. The SMILES string of the molecule is O=C(c1ccc(Cl)c(Cl)c1)N1Cc2ccccc2CC1COc1cc(F)ccn1. The number of carbonyl (C=O) groups is 1. The molecule has 2 heterocycles. The van der Waals surface area contributed by atoms with Gasteiger partial charge in [-0.15, -0.1) is 0 Å². The minimum atomic E-state index is -0.423. The van der Waals surface area contributed by atoms with E-state index >= 15 is 0 Å². The number of ether oxygens (including phenoxy) is 1. The maximum absolute atomic E-state index is 13.4. The van der Waals surface area contributed by atoms with Gasteiger partial charge < -0.3 is 9.64 Å². The quantitative estimate of drug-likeness (QED) is 0.572. The third-order valence-corrected chi connectivity index (χ3v) is 5.64. The van der Waals surface area contributed by atoms with E-state index in [2.05, 4.69) is 4.98 Å². The van der Waals surface area contributed by atoms with Crippen LogP contribution in [0.15, 0.2) is 60.8 Å². The first-order chi connectivity index (χ1) is 14.0. The molecule has 1 aliphatic heterocycles. The molecule has 148 valence electrons. The Morgan fingerprint density at radius 1 is 1.10 bits per heavy atom. The zero-order valence-corrected chi connectivity index (χ0v) is 16.8. The van der Waals surface area contributed by atoms with E-state index in [9.17, 15) is 9.18 Å². The van der Waals surface area contributed by atoms with Crippen molar-refractivity contribution >= 4 is 29.1 Å². The molecular formula is C22H17Cl2FN2O2. The number of carbonyl (C=O) groups excluding carboxylic acids is 1. The predicted octanol–water partition coefficient (Wildman–Crippen LogP) is 5.17. The largest absolute Gasteiger partial charge is 0.475 e. The number of aromatic nitrogens is 1. The standard InChI is InChI=1S/C22H17Cl2FN2O2/c23-19-6-5-15(10-20(19)24)22(28)27-12-16-4-2-1-3-14(16)9-18(27)13-29-21-11-17(25)7-8-26-21/h1-8,10-11,18H,9,12-13H2. The molecule has 7 heteroatoms. The highest BCUT2D eigenvalue weighted by Gasteiger charge is 2.31. The summed E-state index contributed by atoms with van der Waals surface area (Å²) in [4.78, 5) is 19.0. The van der Waals surface area contributed by atoms with Gasteiger partial charge >= 0.3 is 0 Å². The Bertz CT molecular complexity index is 1060. The average Bonchev–Trinajstić information content (AvgIpc) is 2.73.